The number of imide groups is 1. The van der Waals surface area contributed by atoms with E-state index in [2.05, 4.69) is 20.7 Å². The number of carbonyl (C=O) groups excluding carboxylic acids is 3. The highest BCUT2D eigenvalue weighted by Crippen LogP contribution is 2.31. The zero-order valence-electron chi connectivity index (χ0n) is 21.8. The highest BCUT2D eigenvalue weighted by molar-refractivity contribution is 6.30. The summed E-state index contributed by atoms with van der Waals surface area (Å²) in [5.41, 5.74) is 0.700. The van der Waals surface area contributed by atoms with E-state index in [9.17, 15) is 18.8 Å². The predicted molar refractivity (Wildman–Crippen MR) is 138 cm³/mol. The second-order valence-corrected chi connectivity index (χ2v) is 11.4. The van der Waals surface area contributed by atoms with Gasteiger partial charge in [-0.3, -0.25) is 19.8 Å². The van der Waals surface area contributed by atoms with Crippen molar-refractivity contribution >= 4 is 29.5 Å². The molecule has 2 heterocycles. The average molecular weight is 549 g/mol. The molecule has 0 radical (unpaired) electrons. The van der Waals surface area contributed by atoms with Crippen molar-refractivity contribution in [3.63, 3.8) is 0 Å². The Bertz CT molecular complexity index is 1150. The Balaban J connectivity index is 1.46. The van der Waals surface area contributed by atoms with Crippen LogP contribution >= 0.6 is 11.6 Å². The number of nitrogens with zero attached hydrogens (tertiary/aromatic N) is 4. The quantitative estimate of drug-likeness (QED) is 0.518. The summed E-state index contributed by atoms with van der Waals surface area (Å²) < 4.78 is 21.4. The molecule has 38 heavy (non-hydrogen) atoms. The van der Waals surface area contributed by atoms with Crippen LogP contribution in [0.1, 0.15) is 58.4 Å². The zero-order chi connectivity index (χ0) is 27.4. The molecule has 1 saturated heterocycles. The monoisotopic (exact) mass is 548 g/mol. The lowest BCUT2D eigenvalue weighted by molar-refractivity contribution is -0.134. The zero-order valence-corrected chi connectivity index (χ0v) is 22.6. The topological polar surface area (TPSA) is 118 Å². The van der Waals surface area contributed by atoms with E-state index in [4.69, 9.17) is 16.3 Å². The maximum atomic E-state index is 14.6. The fourth-order valence-electron chi connectivity index (χ4n) is 4.79. The smallest absolute Gasteiger partial charge is 0.408 e. The maximum absolute atomic E-state index is 14.6. The molecule has 1 aromatic carbocycles. The third kappa shape index (κ3) is 7.28. The minimum atomic E-state index is -1.24. The number of nitrogens with one attached hydrogen (secondary N) is 2. The third-order valence-corrected chi connectivity index (χ3v) is 7.02. The molecule has 2 aromatic rings. The average Bonchev–Trinajstić information content (AvgIpc) is 3.44. The van der Waals surface area contributed by atoms with Gasteiger partial charge in [-0.25, -0.2) is 18.9 Å². The number of amides is 3. The number of carbonyl (C=O) groups is 3. The largest absolute Gasteiger partial charge is 0.444 e. The van der Waals surface area contributed by atoms with Crippen LogP contribution < -0.4 is 10.6 Å². The van der Waals surface area contributed by atoms with Crippen LogP contribution in [0.25, 0.3) is 5.69 Å². The van der Waals surface area contributed by atoms with Crippen molar-refractivity contribution in [1.82, 2.24) is 30.3 Å². The first-order valence-corrected chi connectivity index (χ1v) is 13.2. The van der Waals surface area contributed by atoms with Crippen LogP contribution in [0.2, 0.25) is 5.02 Å². The summed E-state index contributed by atoms with van der Waals surface area (Å²) in [4.78, 5) is 44.4. The van der Waals surface area contributed by atoms with E-state index in [0.29, 0.717) is 17.1 Å². The van der Waals surface area contributed by atoms with Crippen LogP contribution in [-0.2, 0) is 20.9 Å². The standard InChI is InChI=1S/C26H34ClFN6O4/c1-26(2,3)38-25(37)31-20(9-16-5-4-6-16)23(35)32-24(36)22-11-19(28)13-33(22)12-17-10-18(27)7-8-21(17)34-15-29-14-30-34/h7-8,10,14-16,19-20,22H,4-6,9,11-13H2,1-3H3,(H,31,37)(H,32,35,36)/t19-,20?,22+/m1/s1. The number of ether oxygens (including phenoxy) is 1. The molecule has 12 heteroatoms. The van der Waals surface area contributed by atoms with E-state index in [1.807, 2.05) is 0 Å². The van der Waals surface area contributed by atoms with Gasteiger partial charge in [-0.15, -0.1) is 0 Å². The molecule has 2 N–H and O–H groups in total. The van der Waals surface area contributed by atoms with E-state index >= 15 is 0 Å². The number of likely N-dealkylation sites (tertiary alicyclic amines) is 1. The Kier molecular flexibility index (Phi) is 8.67. The number of rotatable bonds is 8. The third-order valence-electron chi connectivity index (χ3n) is 6.78. The minimum Gasteiger partial charge on any atom is -0.444 e. The van der Waals surface area contributed by atoms with E-state index in [-0.39, 0.29) is 25.4 Å². The van der Waals surface area contributed by atoms with Crippen LogP contribution in [0.4, 0.5) is 9.18 Å². The molecule has 10 nitrogen and oxygen atoms in total. The van der Waals surface area contributed by atoms with Crippen LogP contribution in [0.5, 0.6) is 0 Å². The van der Waals surface area contributed by atoms with Crippen molar-refractivity contribution in [1.29, 1.82) is 0 Å². The van der Waals surface area contributed by atoms with Gasteiger partial charge in [0.25, 0.3) is 0 Å². The van der Waals surface area contributed by atoms with Gasteiger partial charge in [-0.2, -0.15) is 5.10 Å². The lowest BCUT2D eigenvalue weighted by Crippen LogP contribution is -2.53. The first kappa shape index (κ1) is 28.0. The molecular formula is C26H34ClFN6O4. The van der Waals surface area contributed by atoms with Crippen molar-refractivity contribution in [2.75, 3.05) is 6.54 Å². The van der Waals surface area contributed by atoms with Crippen molar-refractivity contribution in [3.05, 3.63) is 41.4 Å². The van der Waals surface area contributed by atoms with Gasteiger partial charge in [0.2, 0.25) is 11.8 Å². The van der Waals surface area contributed by atoms with Crippen LogP contribution in [0, 0.1) is 5.92 Å². The van der Waals surface area contributed by atoms with Crippen molar-refractivity contribution in [2.45, 2.75) is 83.3 Å². The van der Waals surface area contributed by atoms with Crippen LogP contribution in [0.15, 0.2) is 30.9 Å². The normalized spacial score (nSPS) is 21.0. The second-order valence-electron chi connectivity index (χ2n) is 11.0. The molecule has 206 valence electrons. The van der Waals surface area contributed by atoms with Gasteiger partial charge in [-0.05, 0) is 56.9 Å². The van der Waals surface area contributed by atoms with E-state index in [1.165, 1.54) is 12.7 Å². The Morgan fingerprint density at radius 2 is 2.03 bits per heavy atom. The first-order chi connectivity index (χ1) is 18.0. The van der Waals surface area contributed by atoms with Gasteiger partial charge < -0.3 is 10.1 Å². The molecule has 3 amide bonds. The highest BCUT2D eigenvalue weighted by Gasteiger charge is 2.39. The molecule has 2 aliphatic rings. The summed E-state index contributed by atoms with van der Waals surface area (Å²) in [5, 5.41) is 9.69. The van der Waals surface area contributed by atoms with E-state index in [0.717, 1.165) is 24.8 Å². The molecule has 1 saturated carbocycles. The summed E-state index contributed by atoms with van der Waals surface area (Å²) in [6.45, 7) is 5.43. The van der Waals surface area contributed by atoms with Gasteiger partial charge in [-0.1, -0.05) is 30.9 Å². The molecule has 1 aromatic heterocycles. The number of hydrogen-bond acceptors (Lipinski definition) is 7. The first-order valence-electron chi connectivity index (χ1n) is 12.8. The lowest BCUT2D eigenvalue weighted by Gasteiger charge is -2.30. The van der Waals surface area contributed by atoms with Crippen LogP contribution in [-0.4, -0.2) is 68.0 Å². The summed E-state index contributed by atoms with van der Waals surface area (Å²) in [5.74, 6) is -0.947. The Morgan fingerprint density at radius 3 is 2.66 bits per heavy atom. The summed E-state index contributed by atoms with van der Waals surface area (Å²) in [6.07, 6.45) is 4.32. The second kappa shape index (κ2) is 11.8. The Hall–Kier alpha value is -3.05. The lowest BCUT2D eigenvalue weighted by atomic mass is 9.80. The fraction of sp³-hybridized carbons (Fsp3) is 0.577. The Labute approximate surface area is 226 Å². The van der Waals surface area contributed by atoms with Gasteiger partial charge in [0.15, 0.2) is 0 Å². The number of halogens is 2. The van der Waals surface area contributed by atoms with Gasteiger partial charge in [0.1, 0.15) is 30.5 Å². The van der Waals surface area contributed by atoms with Gasteiger partial charge in [0.05, 0.1) is 11.7 Å². The SMILES string of the molecule is CC(C)(C)OC(=O)NC(CC1CCC1)C(=O)NC(=O)[C@@H]1C[C@@H](F)CN1Cc1cc(Cl)ccc1-n1cncn1. The van der Waals surface area contributed by atoms with Gasteiger partial charge >= 0.3 is 6.09 Å². The maximum Gasteiger partial charge on any atom is 0.408 e. The number of aromatic nitrogens is 3. The fourth-order valence-corrected chi connectivity index (χ4v) is 4.98. The summed E-state index contributed by atoms with van der Waals surface area (Å²) in [6, 6.07) is 3.43. The van der Waals surface area contributed by atoms with Crippen molar-refractivity contribution < 1.29 is 23.5 Å². The minimum absolute atomic E-state index is 0.0250. The molecule has 1 unspecified atom stereocenters. The highest BCUT2D eigenvalue weighted by atomic mass is 35.5. The number of hydrogen-bond donors (Lipinski definition) is 2. The summed E-state index contributed by atoms with van der Waals surface area (Å²) >= 11 is 6.23. The molecule has 1 aliphatic heterocycles. The number of benzene rings is 1. The molecule has 0 bridgehead atoms. The van der Waals surface area contributed by atoms with Crippen molar-refractivity contribution in [2.24, 2.45) is 5.92 Å². The summed E-state index contributed by atoms with van der Waals surface area (Å²) in [7, 11) is 0. The molecule has 0 spiro atoms. The number of alkyl halides is 1. The van der Waals surface area contributed by atoms with E-state index in [1.54, 1.807) is 48.6 Å². The Morgan fingerprint density at radius 1 is 1.26 bits per heavy atom. The predicted octanol–water partition coefficient (Wildman–Crippen LogP) is 3.56. The van der Waals surface area contributed by atoms with Gasteiger partial charge in [0, 0.05) is 24.5 Å². The molecule has 3 atom stereocenters. The molecule has 4 rings (SSSR count). The van der Waals surface area contributed by atoms with Crippen molar-refractivity contribution in [3.8, 4) is 5.69 Å². The molecular weight excluding hydrogens is 515 g/mol. The number of alkyl carbamates (subject to hydrolysis) is 1. The van der Waals surface area contributed by atoms with E-state index < -0.39 is 41.8 Å². The van der Waals surface area contributed by atoms with Crippen LogP contribution in [0.3, 0.4) is 0 Å². The molecule has 1 aliphatic carbocycles. The molecule has 2 fully saturated rings.